The van der Waals surface area contributed by atoms with E-state index in [0.717, 1.165) is 5.56 Å². The van der Waals surface area contributed by atoms with Gasteiger partial charge in [0.1, 0.15) is 5.82 Å². The molecule has 0 aliphatic heterocycles. The minimum atomic E-state index is -0.355. The van der Waals surface area contributed by atoms with E-state index in [1.165, 1.54) is 12.1 Å². The van der Waals surface area contributed by atoms with Gasteiger partial charge in [0.25, 0.3) is 0 Å². The fourth-order valence-corrected chi connectivity index (χ4v) is 1.47. The van der Waals surface area contributed by atoms with Crippen LogP contribution in [0.15, 0.2) is 18.2 Å². The van der Waals surface area contributed by atoms with Crippen LogP contribution in [-0.4, -0.2) is 18.3 Å². The van der Waals surface area contributed by atoms with Gasteiger partial charge in [0.15, 0.2) is 0 Å². The van der Waals surface area contributed by atoms with Gasteiger partial charge in [-0.05, 0) is 36.6 Å². The summed E-state index contributed by atoms with van der Waals surface area (Å²) in [6, 6.07) is 4.24. The van der Waals surface area contributed by atoms with Crippen molar-refractivity contribution in [1.29, 1.82) is 0 Å². The molecule has 3 N–H and O–H groups in total. The topological polar surface area (TPSA) is 46.2 Å². The molecule has 1 rings (SSSR count). The lowest BCUT2D eigenvalue weighted by atomic mass is 10.0. The van der Waals surface area contributed by atoms with Crippen molar-refractivity contribution in [1.82, 2.24) is 0 Å². The predicted octanol–water partition coefficient (Wildman–Crippen LogP) is 1.59. The van der Waals surface area contributed by atoms with E-state index in [1.807, 2.05) is 0 Å². The number of halogens is 2. The summed E-state index contributed by atoms with van der Waals surface area (Å²) in [6.07, 6.45) is 0.576. The Morgan fingerprint density at radius 2 is 2.21 bits per heavy atom. The molecule has 0 saturated heterocycles. The first-order valence-electron chi connectivity index (χ1n) is 4.42. The van der Waals surface area contributed by atoms with Crippen molar-refractivity contribution in [3.63, 3.8) is 0 Å². The monoisotopic (exact) mass is 217 g/mol. The molecule has 2 nitrogen and oxygen atoms in total. The molecule has 1 unspecified atom stereocenters. The minimum Gasteiger partial charge on any atom is -0.396 e. The molecular formula is C10H13ClFNO. The average molecular weight is 218 g/mol. The van der Waals surface area contributed by atoms with Crippen LogP contribution in [0, 0.1) is 11.7 Å². The van der Waals surface area contributed by atoms with Crippen LogP contribution in [0.5, 0.6) is 0 Å². The highest BCUT2D eigenvalue weighted by molar-refractivity contribution is 6.31. The van der Waals surface area contributed by atoms with Crippen LogP contribution in [0.1, 0.15) is 5.56 Å². The third-order valence-corrected chi connectivity index (χ3v) is 2.47. The minimum absolute atomic E-state index is 0.0158. The molecule has 0 heterocycles. The highest BCUT2D eigenvalue weighted by Crippen LogP contribution is 2.20. The van der Waals surface area contributed by atoms with Crippen molar-refractivity contribution in [2.24, 2.45) is 11.7 Å². The number of benzene rings is 1. The van der Waals surface area contributed by atoms with E-state index >= 15 is 0 Å². The first-order chi connectivity index (χ1) is 6.67. The molecule has 0 aliphatic rings. The summed E-state index contributed by atoms with van der Waals surface area (Å²) in [5.41, 5.74) is 6.25. The Kier molecular flexibility index (Phi) is 4.32. The molecule has 4 heteroatoms. The maximum absolute atomic E-state index is 12.7. The van der Waals surface area contributed by atoms with Gasteiger partial charge in [0.2, 0.25) is 0 Å². The van der Waals surface area contributed by atoms with Crippen molar-refractivity contribution in [2.45, 2.75) is 6.42 Å². The number of rotatable bonds is 4. The summed E-state index contributed by atoms with van der Waals surface area (Å²) < 4.78 is 12.7. The second-order valence-electron chi connectivity index (χ2n) is 3.22. The highest BCUT2D eigenvalue weighted by Gasteiger charge is 2.09. The molecule has 0 amide bonds. The SMILES string of the molecule is NCC(CO)Cc1ccc(F)cc1Cl. The molecule has 0 aliphatic carbocycles. The normalized spacial score (nSPS) is 12.9. The van der Waals surface area contributed by atoms with Crippen LogP contribution in [0.3, 0.4) is 0 Å². The van der Waals surface area contributed by atoms with Crippen LogP contribution >= 0.6 is 11.6 Å². The Bertz CT molecular complexity index is 302. The van der Waals surface area contributed by atoms with Gasteiger partial charge in [-0.2, -0.15) is 0 Å². The van der Waals surface area contributed by atoms with Crippen LogP contribution in [0.4, 0.5) is 4.39 Å². The van der Waals surface area contributed by atoms with Crippen molar-refractivity contribution in [3.8, 4) is 0 Å². The fraction of sp³-hybridized carbons (Fsp3) is 0.400. The molecule has 1 aromatic carbocycles. The molecule has 0 spiro atoms. The highest BCUT2D eigenvalue weighted by atomic mass is 35.5. The van der Waals surface area contributed by atoms with Gasteiger partial charge in [-0.25, -0.2) is 4.39 Å². The molecule has 1 atom stereocenters. The molecule has 14 heavy (non-hydrogen) atoms. The Labute approximate surface area is 87.5 Å². The number of aliphatic hydroxyl groups is 1. The predicted molar refractivity (Wildman–Crippen MR) is 54.7 cm³/mol. The zero-order chi connectivity index (χ0) is 10.6. The van der Waals surface area contributed by atoms with Gasteiger partial charge in [-0.1, -0.05) is 17.7 Å². The lowest BCUT2D eigenvalue weighted by molar-refractivity contribution is 0.230. The van der Waals surface area contributed by atoms with Gasteiger partial charge in [0.05, 0.1) is 0 Å². The zero-order valence-corrected chi connectivity index (χ0v) is 8.47. The quantitative estimate of drug-likeness (QED) is 0.805. The molecule has 0 saturated carbocycles. The molecule has 0 radical (unpaired) electrons. The summed E-state index contributed by atoms with van der Waals surface area (Å²) in [5, 5.41) is 9.32. The summed E-state index contributed by atoms with van der Waals surface area (Å²) in [5.74, 6) is -0.370. The van der Waals surface area contributed by atoms with Gasteiger partial charge in [0, 0.05) is 11.6 Å². The number of nitrogens with two attached hydrogens (primary N) is 1. The van der Waals surface area contributed by atoms with Crippen molar-refractivity contribution >= 4 is 11.6 Å². The van der Waals surface area contributed by atoms with Crippen LogP contribution < -0.4 is 5.73 Å². The van der Waals surface area contributed by atoms with E-state index in [-0.39, 0.29) is 18.3 Å². The smallest absolute Gasteiger partial charge is 0.124 e. The van der Waals surface area contributed by atoms with Gasteiger partial charge in [-0.3, -0.25) is 0 Å². The van der Waals surface area contributed by atoms with E-state index < -0.39 is 0 Å². The van der Waals surface area contributed by atoms with Crippen LogP contribution in [0.2, 0.25) is 5.02 Å². The number of hydrogen-bond donors (Lipinski definition) is 2. The second-order valence-corrected chi connectivity index (χ2v) is 3.63. The second kappa shape index (κ2) is 5.29. The molecule has 0 fully saturated rings. The van der Waals surface area contributed by atoms with E-state index in [0.29, 0.717) is 18.0 Å². The van der Waals surface area contributed by atoms with Crippen LogP contribution in [-0.2, 0) is 6.42 Å². The van der Waals surface area contributed by atoms with E-state index in [9.17, 15) is 4.39 Å². The van der Waals surface area contributed by atoms with Crippen LogP contribution in [0.25, 0.3) is 0 Å². The Morgan fingerprint density at radius 3 is 2.71 bits per heavy atom. The summed E-state index contributed by atoms with van der Waals surface area (Å²) in [6.45, 7) is 0.411. The first-order valence-corrected chi connectivity index (χ1v) is 4.80. The van der Waals surface area contributed by atoms with Crippen molar-refractivity contribution in [2.75, 3.05) is 13.2 Å². The molecule has 0 bridgehead atoms. The zero-order valence-electron chi connectivity index (χ0n) is 7.71. The molecule has 78 valence electrons. The Hall–Kier alpha value is -0.640. The standard InChI is InChI=1S/C10H13ClFNO/c11-10-4-9(12)2-1-8(10)3-7(5-13)6-14/h1-2,4,7,14H,3,5-6,13H2. The lowest BCUT2D eigenvalue weighted by Gasteiger charge is -2.12. The van der Waals surface area contributed by atoms with Crippen molar-refractivity contribution < 1.29 is 9.50 Å². The van der Waals surface area contributed by atoms with Gasteiger partial charge < -0.3 is 10.8 Å². The molecule has 1 aromatic rings. The Morgan fingerprint density at radius 1 is 1.50 bits per heavy atom. The summed E-state index contributed by atoms with van der Waals surface area (Å²) in [7, 11) is 0. The first kappa shape index (κ1) is 11.4. The maximum Gasteiger partial charge on any atom is 0.124 e. The van der Waals surface area contributed by atoms with E-state index in [2.05, 4.69) is 0 Å². The Balaban J connectivity index is 2.76. The number of aliphatic hydroxyl groups excluding tert-OH is 1. The van der Waals surface area contributed by atoms with E-state index in [1.54, 1.807) is 6.07 Å². The largest absolute Gasteiger partial charge is 0.396 e. The average Bonchev–Trinajstić information content (AvgIpc) is 2.17. The van der Waals surface area contributed by atoms with Gasteiger partial charge >= 0.3 is 0 Å². The number of hydrogen-bond acceptors (Lipinski definition) is 2. The maximum atomic E-state index is 12.7. The molecule has 0 aromatic heterocycles. The lowest BCUT2D eigenvalue weighted by Crippen LogP contribution is -2.20. The van der Waals surface area contributed by atoms with E-state index in [4.69, 9.17) is 22.4 Å². The van der Waals surface area contributed by atoms with Crippen molar-refractivity contribution in [3.05, 3.63) is 34.6 Å². The fourth-order valence-electron chi connectivity index (χ4n) is 1.22. The third kappa shape index (κ3) is 2.94. The summed E-state index contributed by atoms with van der Waals surface area (Å²) in [4.78, 5) is 0. The third-order valence-electron chi connectivity index (χ3n) is 2.12. The van der Waals surface area contributed by atoms with Gasteiger partial charge in [-0.15, -0.1) is 0 Å². The molecular weight excluding hydrogens is 205 g/mol. The summed E-state index contributed by atoms with van der Waals surface area (Å²) >= 11 is 5.83.